The fourth-order valence-electron chi connectivity index (χ4n) is 3.44. The Morgan fingerprint density at radius 3 is 2.81 bits per heavy atom. The van der Waals surface area contributed by atoms with Crippen molar-refractivity contribution >= 4 is 5.91 Å². The summed E-state index contributed by atoms with van der Waals surface area (Å²) >= 11 is 0. The highest BCUT2D eigenvalue weighted by molar-refractivity contribution is 5.94. The molecule has 0 unspecified atom stereocenters. The Kier molecular flexibility index (Phi) is 4.71. The summed E-state index contributed by atoms with van der Waals surface area (Å²) < 4.78 is 18.5. The lowest BCUT2D eigenvalue weighted by molar-refractivity contribution is 0.0695. The van der Waals surface area contributed by atoms with Gasteiger partial charge in [-0.1, -0.05) is 22.9 Å². The minimum atomic E-state index is -0.306. The second-order valence-corrected chi connectivity index (χ2v) is 6.92. The fourth-order valence-corrected chi connectivity index (χ4v) is 3.44. The predicted octanol–water partition coefficient (Wildman–Crippen LogP) is 4.20. The fraction of sp³-hybridized carbons (Fsp3) is 0.286. The molecule has 27 heavy (non-hydrogen) atoms. The third kappa shape index (κ3) is 3.74. The number of amides is 1. The maximum absolute atomic E-state index is 13.1. The van der Waals surface area contributed by atoms with Crippen LogP contribution in [0.25, 0.3) is 11.4 Å². The molecular formula is C21H20FN3O2. The van der Waals surface area contributed by atoms with Crippen LogP contribution < -0.4 is 0 Å². The van der Waals surface area contributed by atoms with Crippen molar-refractivity contribution in [1.29, 1.82) is 0 Å². The molecule has 0 aliphatic carbocycles. The number of nitrogens with zero attached hydrogens (tertiary/aromatic N) is 3. The normalized spacial score (nSPS) is 17.1. The van der Waals surface area contributed by atoms with Gasteiger partial charge in [0.25, 0.3) is 5.91 Å². The largest absolute Gasteiger partial charge is 0.339 e. The van der Waals surface area contributed by atoms with E-state index in [1.807, 2.05) is 36.1 Å². The molecule has 2 heterocycles. The zero-order valence-electron chi connectivity index (χ0n) is 15.1. The van der Waals surface area contributed by atoms with E-state index in [-0.39, 0.29) is 17.6 Å². The summed E-state index contributed by atoms with van der Waals surface area (Å²) in [5.74, 6) is 0.694. The van der Waals surface area contributed by atoms with Crippen LogP contribution in [0.5, 0.6) is 0 Å². The first kappa shape index (κ1) is 17.4. The van der Waals surface area contributed by atoms with E-state index in [2.05, 4.69) is 10.1 Å². The molecule has 0 radical (unpaired) electrons. The van der Waals surface area contributed by atoms with E-state index in [0.717, 1.165) is 24.9 Å². The summed E-state index contributed by atoms with van der Waals surface area (Å²) in [5, 5.41) is 4.02. The molecule has 1 aliphatic heterocycles. The van der Waals surface area contributed by atoms with Crippen LogP contribution in [0.2, 0.25) is 0 Å². The lowest BCUT2D eigenvalue weighted by atomic mass is 9.97. The molecular weight excluding hydrogens is 345 g/mol. The van der Waals surface area contributed by atoms with Crippen LogP contribution in [0.4, 0.5) is 4.39 Å². The Morgan fingerprint density at radius 1 is 1.22 bits per heavy atom. The molecule has 0 bridgehead atoms. The Labute approximate surface area is 156 Å². The molecule has 0 saturated carbocycles. The first-order valence-electron chi connectivity index (χ1n) is 9.05. The average Bonchev–Trinajstić information content (AvgIpc) is 3.18. The lowest BCUT2D eigenvalue weighted by Crippen LogP contribution is -2.39. The highest BCUT2D eigenvalue weighted by Gasteiger charge is 2.29. The highest BCUT2D eigenvalue weighted by Crippen LogP contribution is 2.28. The van der Waals surface area contributed by atoms with Gasteiger partial charge in [0, 0.05) is 24.2 Å². The number of aryl methyl sites for hydroxylation is 1. The van der Waals surface area contributed by atoms with Crippen LogP contribution in [-0.4, -0.2) is 34.0 Å². The highest BCUT2D eigenvalue weighted by atomic mass is 19.1. The standard InChI is InChI=1S/C21H20FN3O2/c1-14-4-2-5-16(12-14)21(26)25-11-3-6-17(13-25)20-23-19(24-27-20)15-7-9-18(22)10-8-15/h2,4-5,7-10,12,17H,3,6,11,13H2,1H3/t17-/m0/s1. The molecule has 1 amide bonds. The van der Waals surface area contributed by atoms with Gasteiger partial charge in [0.05, 0.1) is 5.92 Å². The molecule has 4 rings (SSSR count). The molecule has 5 nitrogen and oxygen atoms in total. The quantitative estimate of drug-likeness (QED) is 0.698. The van der Waals surface area contributed by atoms with Crippen molar-refractivity contribution in [2.24, 2.45) is 0 Å². The predicted molar refractivity (Wildman–Crippen MR) is 98.7 cm³/mol. The van der Waals surface area contributed by atoms with Crippen LogP contribution in [0, 0.1) is 12.7 Å². The number of halogens is 1. The van der Waals surface area contributed by atoms with Gasteiger partial charge in [-0.2, -0.15) is 4.98 Å². The Morgan fingerprint density at radius 2 is 2.04 bits per heavy atom. The van der Waals surface area contributed by atoms with Crippen molar-refractivity contribution in [3.8, 4) is 11.4 Å². The molecule has 2 aromatic carbocycles. The van der Waals surface area contributed by atoms with E-state index in [4.69, 9.17) is 4.52 Å². The van der Waals surface area contributed by atoms with Crippen molar-refractivity contribution in [3.05, 3.63) is 71.4 Å². The second-order valence-electron chi connectivity index (χ2n) is 6.92. The van der Waals surface area contributed by atoms with Gasteiger partial charge < -0.3 is 9.42 Å². The van der Waals surface area contributed by atoms with Gasteiger partial charge in [-0.15, -0.1) is 0 Å². The number of aromatic nitrogens is 2. The molecule has 1 aromatic heterocycles. The van der Waals surface area contributed by atoms with Gasteiger partial charge >= 0.3 is 0 Å². The zero-order chi connectivity index (χ0) is 18.8. The van der Waals surface area contributed by atoms with E-state index in [0.29, 0.717) is 29.4 Å². The lowest BCUT2D eigenvalue weighted by Gasteiger charge is -2.31. The zero-order valence-corrected chi connectivity index (χ0v) is 15.1. The maximum atomic E-state index is 13.1. The summed E-state index contributed by atoms with van der Waals surface area (Å²) in [6.45, 7) is 3.26. The number of likely N-dealkylation sites (tertiary alicyclic amines) is 1. The molecule has 0 spiro atoms. The SMILES string of the molecule is Cc1cccc(C(=O)N2CCC[C@H](c3nc(-c4ccc(F)cc4)no3)C2)c1. The van der Waals surface area contributed by atoms with Gasteiger partial charge in [-0.3, -0.25) is 4.79 Å². The third-order valence-electron chi connectivity index (χ3n) is 4.87. The summed E-state index contributed by atoms with van der Waals surface area (Å²) in [5.41, 5.74) is 2.47. The minimum absolute atomic E-state index is 0.00853. The van der Waals surface area contributed by atoms with Crippen LogP contribution in [0.1, 0.15) is 40.6 Å². The van der Waals surface area contributed by atoms with E-state index in [1.165, 1.54) is 12.1 Å². The molecule has 0 N–H and O–H groups in total. The van der Waals surface area contributed by atoms with Crippen LogP contribution in [0.15, 0.2) is 53.1 Å². The van der Waals surface area contributed by atoms with Crippen molar-refractivity contribution in [2.45, 2.75) is 25.7 Å². The summed E-state index contributed by atoms with van der Waals surface area (Å²) in [6.07, 6.45) is 1.78. The van der Waals surface area contributed by atoms with Crippen molar-refractivity contribution in [1.82, 2.24) is 15.0 Å². The number of rotatable bonds is 3. The van der Waals surface area contributed by atoms with Gasteiger partial charge in [0.2, 0.25) is 11.7 Å². The number of carbonyl (C=O) groups excluding carboxylic acids is 1. The van der Waals surface area contributed by atoms with Gasteiger partial charge in [-0.05, 0) is 56.2 Å². The number of hydrogen-bond acceptors (Lipinski definition) is 4. The third-order valence-corrected chi connectivity index (χ3v) is 4.87. The average molecular weight is 365 g/mol. The van der Waals surface area contributed by atoms with Gasteiger partial charge in [0.1, 0.15) is 5.82 Å². The number of carbonyl (C=O) groups is 1. The molecule has 6 heteroatoms. The molecule has 1 atom stereocenters. The summed E-state index contributed by atoms with van der Waals surface area (Å²) in [6, 6.07) is 13.6. The molecule has 1 fully saturated rings. The second kappa shape index (κ2) is 7.31. The van der Waals surface area contributed by atoms with E-state index < -0.39 is 0 Å². The van der Waals surface area contributed by atoms with E-state index in [9.17, 15) is 9.18 Å². The molecule has 1 saturated heterocycles. The number of hydrogen-bond donors (Lipinski definition) is 0. The smallest absolute Gasteiger partial charge is 0.253 e. The van der Waals surface area contributed by atoms with E-state index >= 15 is 0 Å². The Bertz CT molecular complexity index is 952. The topological polar surface area (TPSA) is 59.2 Å². The summed E-state index contributed by atoms with van der Waals surface area (Å²) in [4.78, 5) is 19.1. The monoisotopic (exact) mass is 365 g/mol. The molecule has 3 aromatic rings. The summed E-state index contributed by atoms with van der Waals surface area (Å²) in [7, 11) is 0. The Balaban J connectivity index is 1.50. The first-order valence-corrected chi connectivity index (χ1v) is 9.05. The maximum Gasteiger partial charge on any atom is 0.253 e. The molecule has 1 aliphatic rings. The minimum Gasteiger partial charge on any atom is -0.339 e. The first-order chi connectivity index (χ1) is 13.1. The van der Waals surface area contributed by atoms with E-state index in [1.54, 1.807) is 12.1 Å². The van der Waals surface area contributed by atoms with Crippen LogP contribution in [0.3, 0.4) is 0 Å². The van der Waals surface area contributed by atoms with Crippen LogP contribution in [-0.2, 0) is 0 Å². The van der Waals surface area contributed by atoms with Gasteiger partial charge in [-0.25, -0.2) is 4.39 Å². The number of piperidine rings is 1. The van der Waals surface area contributed by atoms with Crippen molar-refractivity contribution in [2.75, 3.05) is 13.1 Å². The molecule has 138 valence electrons. The Hall–Kier alpha value is -3.02. The number of benzene rings is 2. The van der Waals surface area contributed by atoms with Crippen LogP contribution >= 0.6 is 0 Å². The van der Waals surface area contributed by atoms with Crippen molar-refractivity contribution in [3.63, 3.8) is 0 Å². The van der Waals surface area contributed by atoms with Gasteiger partial charge in [0.15, 0.2) is 0 Å². The van der Waals surface area contributed by atoms with Crippen molar-refractivity contribution < 1.29 is 13.7 Å².